The minimum Gasteiger partial charge on any atom is -0.348 e. The molecule has 2 fully saturated rings. The fourth-order valence-corrected chi connectivity index (χ4v) is 4.82. The Morgan fingerprint density at radius 3 is 3.00 bits per heavy atom. The van der Waals surface area contributed by atoms with Gasteiger partial charge in [0.2, 0.25) is 5.91 Å². The number of hydrogen-bond donors (Lipinski definition) is 2. The molecule has 2 aliphatic rings. The van der Waals surface area contributed by atoms with Crippen LogP contribution >= 0.6 is 0 Å². The Kier molecular flexibility index (Phi) is 4.60. The Bertz CT molecular complexity index is 916. The molecule has 7 heteroatoms. The van der Waals surface area contributed by atoms with Crippen LogP contribution in [0.2, 0.25) is 0 Å². The third-order valence-corrected chi connectivity index (χ3v) is 6.22. The van der Waals surface area contributed by atoms with Gasteiger partial charge in [-0.1, -0.05) is 12.1 Å². The average molecular weight is 378 g/mol. The molecule has 0 radical (unpaired) electrons. The van der Waals surface area contributed by atoms with Gasteiger partial charge in [-0.25, -0.2) is 9.97 Å². The number of nitrogens with zero attached hydrogens (tertiary/aromatic N) is 4. The summed E-state index contributed by atoms with van der Waals surface area (Å²) in [5, 5.41) is 0. The number of hydrogen-bond acceptors (Lipinski definition) is 4. The number of imidazole rings is 2. The monoisotopic (exact) mass is 378 g/mol. The Balaban J connectivity index is 1.23. The molecule has 4 heterocycles. The number of fused-ring (bicyclic) bond motifs is 2. The maximum atomic E-state index is 12.6. The van der Waals surface area contributed by atoms with Crippen LogP contribution in [-0.4, -0.2) is 61.3 Å². The fraction of sp³-hybridized carbons (Fsp3) is 0.476. The van der Waals surface area contributed by atoms with Crippen LogP contribution in [0, 0.1) is 5.92 Å². The highest BCUT2D eigenvalue weighted by atomic mass is 16.2. The van der Waals surface area contributed by atoms with Crippen molar-refractivity contribution in [3.05, 3.63) is 48.3 Å². The molecule has 1 amide bonds. The van der Waals surface area contributed by atoms with Crippen molar-refractivity contribution in [1.82, 2.24) is 29.7 Å². The van der Waals surface area contributed by atoms with Crippen LogP contribution < -0.4 is 0 Å². The average Bonchev–Trinajstić information content (AvgIpc) is 3.36. The van der Waals surface area contributed by atoms with Gasteiger partial charge >= 0.3 is 0 Å². The molecule has 0 bridgehead atoms. The number of piperidine rings is 2. The summed E-state index contributed by atoms with van der Waals surface area (Å²) in [4.78, 5) is 32.6. The van der Waals surface area contributed by atoms with Gasteiger partial charge in [0.15, 0.2) is 0 Å². The lowest BCUT2D eigenvalue weighted by Crippen LogP contribution is -2.56. The summed E-state index contributed by atoms with van der Waals surface area (Å²) in [6.45, 7) is 3.67. The molecular weight excluding hydrogens is 352 g/mol. The molecule has 5 rings (SSSR count). The largest absolute Gasteiger partial charge is 0.348 e. The number of likely N-dealkylation sites (tertiary alicyclic amines) is 2. The molecule has 3 aromatic rings. The molecule has 7 nitrogen and oxygen atoms in total. The van der Waals surface area contributed by atoms with Gasteiger partial charge in [-0.15, -0.1) is 0 Å². The number of para-hydroxylation sites is 2. The number of carbonyl (C=O) groups excluding carboxylic acids is 1. The Morgan fingerprint density at radius 1 is 1.21 bits per heavy atom. The second-order valence-corrected chi connectivity index (χ2v) is 8.00. The molecule has 146 valence electrons. The fourth-order valence-electron chi connectivity index (χ4n) is 4.82. The topological polar surface area (TPSA) is 80.9 Å². The van der Waals surface area contributed by atoms with Crippen molar-refractivity contribution in [2.24, 2.45) is 5.92 Å². The molecule has 1 aromatic carbocycles. The summed E-state index contributed by atoms with van der Waals surface area (Å²) in [7, 11) is 0. The van der Waals surface area contributed by atoms with E-state index in [-0.39, 0.29) is 0 Å². The van der Waals surface area contributed by atoms with Crippen molar-refractivity contribution in [3.8, 4) is 0 Å². The zero-order valence-corrected chi connectivity index (χ0v) is 16.0. The van der Waals surface area contributed by atoms with Crippen molar-refractivity contribution in [3.63, 3.8) is 0 Å². The zero-order valence-electron chi connectivity index (χ0n) is 16.0. The number of nitrogens with one attached hydrogen (secondary N) is 2. The Morgan fingerprint density at radius 2 is 2.14 bits per heavy atom. The lowest BCUT2D eigenvalue weighted by molar-refractivity contribution is -0.141. The number of amides is 1. The summed E-state index contributed by atoms with van der Waals surface area (Å²) >= 11 is 0. The summed E-state index contributed by atoms with van der Waals surface area (Å²) in [6.07, 6.45) is 7.11. The van der Waals surface area contributed by atoms with Crippen LogP contribution in [0.4, 0.5) is 0 Å². The van der Waals surface area contributed by atoms with Crippen LogP contribution in [0.3, 0.4) is 0 Å². The lowest BCUT2D eigenvalue weighted by atomic mass is 9.83. The van der Waals surface area contributed by atoms with Gasteiger partial charge in [0, 0.05) is 50.4 Å². The van der Waals surface area contributed by atoms with Crippen LogP contribution in [-0.2, 0) is 17.8 Å². The minimum atomic E-state index is 0.312. The van der Waals surface area contributed by atoms with Crippen molar-refractivity contribution in [2.45, 2.75) is 38.3 Å². The van der Waals surface area contributed by atoms with Gasteiger partial charge in [0.05, 0.1) is 23.9 Å². The molecule has 0 aliphatic carbocycles. The molecule has 0 saturated carbocycles. The smallest absolute Gasteiger partial charge is 0.222 e. The number of benzene rings is 1. The van der Waals surface area contributed by atoms with E-state index in [1.807, 2.05) is 24.4 Å². The highest BCUT2D eigenvalue weighted by molar-refractivity contribution is 5.77. The second kappa shape index (κ2) is 7.39. The maximum absolute atomic E-state index is 12.6. The molecule has 0 unspecified atom stereocenters. The number of rotatable bonds is 5. The first-order chi connectivity index (χ1) is 13.8. The maximum Gasteiger partial charge on any atom is 0.222 e. The van der Waals surface area contributed by atoms with Crippen molar-refractivity contribution < 1.29 is 4.79 Å². The number of aromatic nitrogens is 4. The molecule has 2 N–H and O–H groups in total. The van der Waals surface area contributed by atoms with Crippen molar-refractivity contribution >= 4 is 16.9 Å². The van der Waals surface area contributed by atoms with Gasteiger partial charge in [-0.05, 0) is 30.9 Å². The van der Waals surface area contributed by atoms with Gasteiger partial charge in [-0.2, -0.15) is 0 Å². The minimum absolute atomic E-state index is 0.312. The first-order valence-electron chi connectivity index (χ1n) is 10.2. The molecular formula is C21H26N6O. The predicted octanol–water partition coefficient (Wildman–Crippen LogP) is 2.34. The number of aromatic amines is 2. The van der Waals surface area contributed by atoms with Gasteiger partial charge in [0.1, 0.15) is 5.82 Å². The highest BCUT2D eigenvalue weighted by Gasteiger charge is 2.39. The van der Waals surface area contributed by atoms with E-state index in [4.69, 9.17) is 4.98 Å². The Labute approximate surface area is 164 Å². The van der Waals surface area contributed by atoms with E-state index >= 15 is 0 Å². The first-order valence-corrected chi connectivity index (χ1v) is 10.2. The third-order valence-electron chi connectivity index (χ3n) is 6.22. The highest BCUT2D eigenvalue weighted by Crippen LogP contribution is 2.32. The summed E-state index contributed by atoms with van der Waals surface area (Å²) < 4.78 is 0. The number of carbonyl (C=O) groups is 1. The molecule has 2 saturated heterocycles. The molecule has 2 atom stereocenters. The van der Waals surface area contributed by atoms with Gasteiger partial charge in [-0.3, -0.25) is 9.69 Å². The van der Waals surface area contributed by atoms with Gasteiger partial charge in [0.25, 0.3) is 0 Å². The molecule has 2 aromatic heterocycles. The van der Waals surface area contributed by atoms with E-state index in [0.29, 0.717) is 24.3 Å². The predicted molar refractivity (Wildman–Crippen MR) is 107 cm³/mol. The first kappa shape index (κ1) is 17.4. The van der Waals surface area contributed by atoms with E-state index < -0.39 is 0 Å². The lowest BCUT2D eigenvalue weighted by Gasteiger charge is -2.47. The van der Waals surface area contributed by atoms with Crippen molar-refractivity contribution in [2.75, 3.05) is 19.6 Å². The van der Waals surface area contributed by atoms with Crippen LogP contribution in [0.1, 0.15) is 30.8 Å². The van der Waals surface area contributed by atoms with Gasteiger partial charge < -0.3 is 14.9 Å². The second-order valence-electron chi connectivity index (χ2n) is 8.00. The summed E-state index contributed by atoms with van der Waals surface area (Å²) in [5.74, 6) is 1.90. The third kappa shape index (κ3) is 3.42. The van der Waals surface area contributed by atoms with E-state index in [2.05, 4.69) is 30.8 Å². The Hall–Kier alpha value is -2.67. The van der Waals surface area contributed by atoms with Crippen molar-refractivity contribution in [1.29, 1.82) is 0 Å². The van der Waals surface area contributed by atoms with Crippen LogP contribution in [0.5, 0.6) is 0 Å². The van der Waals surface area contributed by atoms with Crippen LogP contribution in [0.25, 0.3) is 11.0 Å². The molecule has 0 spiro atoms. The van der Waals surface area contributed by atoms with E-state index in [1.165, 1.54) is 0 Å². The normalized spacial score (nSPS) is 23.3. The zero-order chi connectivity index (χ0) is 18.9. The standard InChI is InChI=1S/C21H26N6O/c28-21-6-5-15-12-26(13-20-24-17-3-1-2-4-18(17)25-20)9-8-19(15)27(21)10-7-16-11-22-14-23-16/h1-4,11,14-15,19H,5-10,12-13H2,(H,22,23)(H,24,25)/t15-,19+/m1/s1. The van der Waals surface area contributed by atoms with E-state index in [9.17, 15) is 4.79 Å². The van der Waals surface area contributed by atoms with E-state index in [1.54, 1.807) is 6.33 Å². The SMILES string of the molecule is O=C1CC[C@@H]2CN(Cc3nc4ccccc4[nH]3)CC[C@@H]2N1CCc1cnc[nH]1. The quantitative estimate of drug-likeness (QED) is 0.714. The number of H-pyrrole nitrogens is 2. The van der Waals surface area contributed by atoms with Crippen LogP contribution in [0.15, 0.2) is 36.8 Å². The summed E-state index contributed by atoms with van der Waals surface area (Å²) in [5.41, 5.74) is 3.22. The molecule has 2 aliphatic heterocycles. The van der Waals surface area contributed by atoms with E-state index in [0.717, 1.165) is 68.0 Å². The summed E-state index contributed by atoms with van der Waals surface area (Å²) in [6, 6.07) is 8.55. The molecule has 28 heavy (non-hydrogen) atoms.